The van der Waals surface area contributed by atoms with Gasteiger partial charge in [0.1, 0.15) is 5.75 Å². The van der Waals surface area contributed by atoms with E-state index >= 15 is 0 Å². The Morgan fingerprint density at radius 1 is 1.06 bits per heavy atom. The minimum absolute atomic E-state index is 0.279. The normalized spacial score (nSPS) is 10.1. The summed E-state index contributed by atoms with van der Waals surface area (Å²) in [7, 11) is 0. The summed E-state index contributed by atoms with van der Waals surface area (Å²) in [6.07, 6.45) is 0. The highest BCUT2D eigenvalue weighted by atomic mass is 79.9. The first-order valence-corrected chi connectivity index (χ1v) is 5.81. The van der Waals surface area contributed by atoms with Crippen molar-refractivity contribution in [2.24, 2.45) is 0 Å². The van der Waals surface area contributed by atoms with Gasteiger partial charge in [-0.3, -0.25) is 0 Å². The molecule has 2 aromatic rings. The van der Waals surface area contributed by atoms with Gasteiger partial charge in [0, 0.05) is 22.8 Å². The molecule has 0 aliphatic heterocycles. The minimum Gasteiger partial charge on any atom is -0.508 e. The van der Waals surface area contributed by atoms with Crippen molar-refractivity contribution < 1.29 is 5.11 Å². The van der Waals surface area contributed by atoms with E-state index in [1.165, 1.54) is 5.56 Å². The molecular formula is C13H12BrNO. The lowest BCUT2D eigenvalue weighted by Crippen LogP contribution is -1.98. The van der Waals surface area contributed by atoms with Crippen molar-refractivity contribution in [1.29, 1.82) is 0 Å². The van der Waals surface area contributed by atoms with Gasteiger partial charge in [0.05, 0.1) is 0 Å². The lowest BCUT2D eigenvalue weighted by Gasteiger charge is -2.06. The molecule has 0 aliphatic rings. The molecule has 0 atom stereocenters. The Hall–Kier alpha value is -1.48. The van der Waals surface area contributed by atoms with Crippen LogP contribution in [0.25, 0.3) is 0 Å². The monoisotopic (exact) mass is 277 g/mol. The molecule has 2 N–H and O–H groups in total. The summed E-state index contributed by atoms with van der Waals surface area (Å²) in [5, 5.41) is 12.5. The van der Waals surface area contributed by atoms with E-state index in [9.17, 15) is 5.11 Å². The van der Waals surface area contributed by atoms with Crippen LogP contribution in [0.2, 0.25) is 0 Å². The van der Waals surface area contributed by atoms with Crippen molar-refractivity contribution in [1.82, 2.24) is 0 Å². The number of hydrogen-bond acceptors (Lipinski definition) is 2. The van der Waals surface area contributed by atoms with Crippen LogP contribution in [0.1, 0.15) is 5.56 Å². The van der Waals surface area contributed by atoms with Gasteiger partial charge in [-0.15, -0.1) is 0 Å². The standard InChI is InChI=1S/C13H12BrNO/c14-11-6-4-10(5-7-11)9-15-12-2-1-3-13(16)8-12/h1-8,15-16H,9H2. The maximum Gasteiger partial charge on any atom is 0.117 e. The molecule has 0 amide bonds. The van der Waals surface area contributed by atoms with Crippen LogP contribution in [0, 0.1) is 0 Å². The smallest absolute Gasteiger partial charge is 0.117 e. The maximum absolute atomic E-state index is 9.30. The lowest BCUT2D eigenvalue weighted by atomic mass is 10.2. The fraction of sp³-hybridized carbons (Fsp3) is 0.0769. The third-order valence-electron chi connectivity index (χ3n) is 2.26. The van der Waals surface area contributed by atoms with Crippen LogP contribution in [0.4, 0.5) is 5.69 Å². The van der Waals surface area contributed by atoms with E-state index in [0.29, 0.717) is 0 Å². The van der Waals surface area contributed by atoms with Crippen molar-refractivity contribution in [3.63, 3.8) is 0 Å². The quantitative estimate of drug-likeness (QED) is 0.895. The average molecular weight is 278 g/mol. The molecule has 0 aliphatic carbocycles. The molecule has 16 heavy (non-hydrogen) atoms. The number of phenols is 1. The van der Waals surface area contributed by atoms with Crippen molar-refractivity contribution in [2.45, 2.75) is 6.54 Å². The Balaban J connectivity index is 1.99. The number of nitrogens with one attached hydrogen (secondary N) is 1. The second-order valence-corrected chi connectivity index (χ2v) is 4.45. The van der Waals surface area contributed by atoms with Crippen molar-refractivity contribution >= 4 is 21.6 Å². The number of anilines is 1. The fourth-order valence-electron chi connectivity index (χ4n) is 1.42. The third-order valence-corrected chi connectivity index (χ3v) is 2.78. The molecule has 0 spiro atoms. The Bertz CT molecular complexity index is 468. The Morgan fingerprint density at radius 2 is 1.81 bits per heavy atom. The van der Waals surface area contributed by atoms with Gasteiger partial charge in [-0.05, 0) is 29.8 Å². The molecule has 82 valence electrons. The van der Waals surface area contributed by atoms with Crippen molar-refractivity contribution in [3.8, 4) is 5.75 Å². The zero-order valence-corrected chi connectivity index (χ0v) is 10.2. The molecule has 0 saturated carbocycles. The number of aromatic hydroxyl groups is 1. The minimum atomic E-state index is 0.279. The van der Waals surface area contributed by atoms with Crippen molar-refractivity contribution in [2.75, 3.05) is 5.32 Å². The van der Waals surface area contributed by atoms with E-state index in [2.05, 4.69) is 33.4 Å². The van der Waals surface area contributed by atoms with E-state index < -0.39 is 0 Å². The first kappa shape index (κ1) is 11.0. The van der Waals surface area contributed by atoms with Crippen LogP contribution in [0.3, 0.4) is 0 Å². The molecule has 0 aromatic heterocycles. The van der Waals surface area contributed by atoms with Gasteiger partial charge in [-0.2, -0.15) is 0 Å². The van der Waals surface area contributed by atoms with Gasteiger partial charge in [0.25, 0.3) is 0 Å². The summed E-state index contributed by atoms with van der Waals surface area (Å²) in [5.74, 6) is 0.279. The number of benzene rings is 2. The van der Waals surface area contributed by atoms with E-state index in [0.717, 1.165) is 16.7 Å². The van der Waals surface area contributed by atoms with Crippen LogP contribution in [-0.4, -0.2) is 5.11 Å². The molecule has 0 radical (unpaired) electrons. The predicted octanol–water partition coefficient (Wildman–Crippen LogP) is 3.77. The molecule has 2 rings (SSSR count). The summed E-state index contributed by atoms with van der Waals surface area (Å²) in [5.41, 5.74) is 2.12. The van der Waals surface area contributed by atoms with E-state index in [1.807, 2.05) is 24.3 Å². The highest BCUT2D eigenvalue weighted by molar-refractivity contribution is 9.10. The molecule has 0 unspecified atom stereocenters. The fourth-order valence-corrected chi connectivity index (χ4v) is 1.69. The predicted molar refractivity (Wildman–Crippen MR) is 69.6 cm³/mol. The van der Waals surface area contributed by atoms with Gasteiger partial charge in [0.2, 0.25) is 0 Å². The van der Waals surface area contributed by atoms with Crippen LogP contribution in [0.5, 0.6) is 5.75 Å². The average Bonchev–Trinajstić information content (AvgIpc) is 2.28. The molecule has 0 saturated heterocycles. The molecular weight excluding hydrogens is 266 g/mol. The summed E-state index contributed by atoms with van der Waals surface area (Å²) in [4.78, 5) is 0. The second kappa shape index (κ2) is 5.03. The number of rotatable bonds is 3. The van der Waals surface area contributed by atoms with Gasteiger partial charge in [0.15, 0.2) is 0 Å². The van der Waals surface area contributed by atoms with Gasteiger partial charge < -0.3 is 10.4 Å². The van der Waals surface area contributed by atoms with Gasteiger partial charge >= 0.3 is 0 Å². The van der Waals surface area contributed by atoms with Crippen LogP contribution < -0.4 is 5.32 Å². The second-order valence-electron chi connectivity index (χ2n) is 3.53. The molecule has 0 fully saturated rings. The largest absolute Gasteiger partial charge is 0.508 e. The Labute approximate surface area is 103 Å². The molecule has 3 heteroatoms. The summed E-state index contributed by atoms with van der Waals surface area (Å²) < 4.78 is 1.08. The first-order chi connectivity index (χ1) is 7.74. The number of halogens is 1. The first-order valence-electron chi connectivity index (χ1n) is 5.01. The summed E-state index contributed by atoms with van der Waals surface area (Å²) in [6.45, 7) is 0.747. The molecule has 2 nitrogen and oxygen atoms in total. The van der Waals surface area contributed by atoms with Gasteiger partial charge in [-0.25, -0.2) is 0 Å². The van der Waals surface area contributed by atoms with Crippen LogP contribution in [-0.2, 0) is 6.54 Å². The third kappa shape index (κ3) is 3.00. The topological polar surface area (TPSA) is 32.3 Å². The van der Waals surface area contributed by atoms with Crippen LogP contribution >= 0.6 is 15.9 Å². The summed E-state index contributed by atoms with van der Waals surface area (Å²) in [6, 6.07) is 15.3. The maximum atomic E-state index is 9.30. The number of hydrogen-bond donors (Lipinski definition) is 2. The Kier molecular flexibility index (Phi) is 3.47. The molecule has 0 bridgehead atoms. The van der Waals surface area contributed by atoms with E-state index in [4.69, 9.17) is 0 Å². The highest BCUT2D eigenvalue weighted by Crippen LogP contribution is 2.17. The number of phenolic OH excluding ortho intramolecular Hbond substituents is 1. The zero-order chi connectivity index (χ0) is 11.4. The van der Waals surface area contributed by atoms with Crippen molar-refractivity contribution in [3.05, 3.63) is 58.6 Å². The highest BCUT2D eigenvalue weighted by Gasteiger charge is 1.95. The van der Waals surface area contributed by atoms with E-state index in [-0.39, 0.29) is 5.75 Å². The van der Waals surface area contributed by atoms with Gasteiger partial charge in [-0.1, -0.05) is 34.1 Å². The SMILES string of the molecule is Oc1cccc(NCc2ccc(Br)cc2)c1. The zero-order valence-electron chi connectivity index (χ0n) is 8.65. The lowest BCUT2D eigenvalue weighted by molar-refractivity contribution is 0.475. The molecule has 2 aromatic carbocycles. The Morgan fingerprint density at radius 3 is 2.50 bits per heavy atom. The van der Waals surface area contributed by atoms with E-state index in [1.54, 1.807) is 12.1 Å². The molecule has 0 heterocycles. The van der Waals surface area contributed by atoms with Crippen LogP contribution in [0.15, 0.2) is 53.0 Å². The summed E-state index contributed by atoms with van der Waals surface area (Å²) >= 11 is 3.40.